The summed E-state index contributed by atoms with van der Waals surface area (Å²) >= 11 is 10.6. The average Bonchev–Trinajstić information content (AvgIpc) is 2.93. The molecule has 0 unspecified atom stereocenters. The van der Waals surface area contributed by atoms with Crippen LogP contribution in [-0.2, 0) is 17.8 Å². The first-order valence-corrected chi connectivity index (χ1v) is 15.5. The molecule has 0 radical (unpaired) electrons. The van der Waals surface area contributed by atoms with Crippen LogP contribution in [0.2, 0.25) is 0 Å². The van der Waals surface area contributed by atoms with E-state index in [0.29, 0.717) is 48.6 Å². The van der Waals surface area contributed by atoms with Crippen molar-refractivity contribution in [2.24, 2.45) is 0 Å². The molecule has 0 aliphatic rings. The van der Waals surface area contributed by atoms with Gasteiger partial charge in [-0.1, -0.05) is 53.5 Å². The predicted octanol–water partition coefficient (Wildman–Crippen LogP) is 9.64. The van der Waals surface area contributed by atoms with Crippen molar-refractivity contribution in [3.8, 4) is 23.0 Å². The standard InChI is InChI=1S/C33H29Br3O6/c1-18(2)24-15-30(42-33-26(35)11-20(12-27(33)36)13-31(37)38)25(32(39)21-7-5-6-19(3)10-21)16-29(24)41-17-22-14-23(34)8-9-28(22)40-4/h5-12,14-16,18H,13,17H2,1-4H3,(H,37,38). The number of halogens is 3. The van der Waals surface area contributed by atoms with Gasteiger partial charge in [-0.2, -0.15) is 0 Å². The first-order valence-electron chi connectivity index (χ1n) is 13.1. The monoisotopic (exact) mass is 758 g/mol. The molecule has 0 heterocycles. The topological polar surface area (TPSA) is 82.1 Å². The summed E-state index contributed by atoms with van der Waals surface area (Å²) in [6.45, 7) is 6.24. The van der Waals surface area contributed by atoms with Crippen LogP contribution in [0.15, 0.2) is 80.1 Å². The fourth-order valence-electron chi connectivity index (χ4n) is 4.47. The number of ether oxygens (including phenoxy) is 3. The summed E-state index contributed by atoms with van der Waals surface area (Å²) in [6, 6.07) is 20.1. The summed E-state index contributed by atoms with van der Waals surface area (Å²) in [5, 5.41) is 9.23. The van der Waals surface area contributed by atoms with Crippen molar-refractivity contribution >= 4 is 59.5 Å². The Hall–Kier alpha value is -3.14. The van der Waals surface area contributed by atoms with Crippen LogP contribution in [0, 0.1) is 6.92 Å². The van der Waals surface area contributed by atoms with Gasteiger partial charge in [-0.15, -0.1) is 0 Å². The Labute approximate surface area is 270 Å². The summed E-state index contributed by atoms with van der Waals surface area (Å²) < 4.78 is 20.3. The molecule has 0 fully saturated rings. The van der Waals surface area contributed by atoms with Gasteiger partial charge in [0.2, 0.25) is 0 Å². The van der Waals surface area contributed by atoms with Crippen LogP contribution in [0.3, 0.4) is 0 Å². The molecule has 218 valence electrons. The molecule has 6 nitrogen and oxygen atoms in total. The van der Waals surface area contributed by atoms with Crippen LogP contribution < -0.4 is 14.2 Å². The van der Waals surface area contributed by atoms with E-state index in [2.05, 4.69) is 47.8 Å². The molecule has 0 saturated heterocycles. The van der Waals surface area contributed by atoms with Gasteiger partial charge in [0.15, 0.2) is 11.5 Å². The third-order valence-electron chi connectivity index (χ3n) is 6.51. The Kier molecular flexibility index (Phi) is 10.5. The van der Waals surface area contributed by atoms with Crippen LogP contribution in [-0.4, -0.2) is 24.0 Å². The molecule has 0 atom stereocenters. The number of aliphatic carboxylic acids is 1. The van der Waals surface area contributed by atoms with Crippen LogP contribution in [0.4, 0.5) is 0 Å². The first-order chi connectivity index (χ1) is 20.0. The Balaban J connectivity index is 1.82. The van der Waals surface area contributed by atoms with E-state index in [9.17, 15) is 14.7 Å². The Bertz CT molecular complexity index is 1620. The summed E-state index contributed by atoms with van der Waals surface area (Å²) in [5.74, 6) is 0.913. The second-order valence-electron chi connectivity index (χ2n) is 10.0. The van der Waals surface area contributed by atoms with Crippen LogP contribution >= 0.6 is 47.8 Å². The number of hydrogen-bond donors (Lipinski definition) is 1. The molecule has 0 aromatic heterocycles. The SMILES string of the molecule is COc1ccc(Br)cc1COc1cc(C(=O)c2cccc(C)c2)c(Oc2c(Br)cc(CC(=O)O)cc2Br)cc1C(C)C. The van der Waals surface area contributed by atoms with E-state index in [-0.39, 0.29) is 24.7 Å². The molecule has 0 aliphatic heterocycles. The third-order valence-corrected chi connectivity index (χ3v) is 8.18. The fraction of sp³-hybridized carbons (Fsp3) is 0.212. The lowest BCUT2D eigenvalue weighted by molar-refractivity contribution is -0.136. The number of carboxylic acid groups (broad SMARTS) is 1. The van der Waals surface area contributed by atoms with Crippen molar-refractivity contribution in [3.63, 3.8) is 0 Å². The molecule has 1 N–H and O–H groups in total. The molecule has 42 heavy (non-hydrogen) atoms. The summed E-state index contributed by atoms with van der Waals surface area (Å²) in [4.78, 5) is 25.2. The number of carbonyl (C=O) groups is 2. The molecule has 0 aliphatic carbocycles. The van der Waals surface area contributed by atoms with Crippen LogP contribution in [0.1, 0.15) is 57.9 Å². The number of carbonyl (C=O) groups excluding carboxylic acids is 1. The second-order valence-corrected chi connectivity index (χ2v) is 12.7. The van der Waals surface area contributed by atoms with Crippen molar-refractivity contribution in [2.45, 2.75) is 39.7 Å². The van der Waals surface area contributed by atoms with E-state index >= 15 is 0 Å². The van der Waals surface area contributed by atoms with Crippen LogP contribution in [0.5, 0.6) is 23.0 Å². The molecule has 9 heteroatoms. The van der Waals surface area contributed by atoms with Crippen molar-refractivity contribution in [1.29, 1.82) is 0 Å². The van der Waals surface area contributed by atoms with Gasteiger partial charge < -0.3 is 19.3 Å². The van der Waals surface area contributed by atoms with Gasteiger partial charge in [0.05, 0.1) is 28.0 Å². The normalized spacial score (nSPS) is 11.0. The van der Waals surface area contributed by atoms with Gasteiger partial charge in [-0.05, 0) is 98.8 Å². The molecule has 0 saturated carbocycles. The minimum absolute atomic E-state index is 0.0414. The first kappa shape index (κ1) is 31.8. The van der Waals surface area contributed by atoms with E-state index in [4.69, 9.17) is 14.2 Å². The molecule has 0 amide bonds. The molecule has 0 bridgehead atoms. The van der Waals surface area contributed by atoms with Crippen molar-refractivity contribution in [2.75, 3.05) is 7.11 Å². The van der Waals surface area contributed by atoms with E-state index in [1.54, 1.807) is 31.4 Å². The van der Waals surface area contributed by atoms with Crippen molar-refractivity contribution in [1.82, 2.24) is 0 Å². The van der Waals surface area contributed by atoms with Gasteiger partial charge in [0, 0.05) is 21.2 Å². The minimum atomic E-state index is -0.939. The lowest BCUT2D eigenvalue weighted by Gasteiger charge is -2.20. The average molecular weight is 761 g/mol. The smallest absolute Gasteiger partial charge is 0.307 e. The van der Waals surface area contributed by atoms with Crippen molar-refractivity contribution in [3.05, 3.63) is 114 Å². The number of hydrogen-bond acceptors (Lipinski definition) is 5. The van der Waals surface area contributed by atoms with E-state index in [1.165, 1.54) is 0 Å². The zero-order chi connectivity index (χ0) is 30.6. The largest absolute Gasteiger partial charge is 0.496 e. The van der Waals surface area contributed by atoms with Gasteiger partial charge >= 0.3 is 5.97 Å². The number of methoxy groups -OCH3 is 1. The number of rotatable bonds is 11. The highest BCUT2D eigenvalue weighted by Gasteiger charge is 2.23. The zero-order valence-corrected chi connectivity index (χ0v) is 28.2. The second kappa shape index (κ2) is 13.9. The molecule has 0 spiro atoms. The summed E-state index contributed by atoms with van der Waals surface area (Å²) in [5.41, 5.74) is 4.11. The Morgan fingerprint density at radius 2 is 1.60 bits per heavy atom. The third kappa shape index (κ3) is 7.62. The number of benzene rings is 4. The Morgan fingerprint density at radius 3 is 2.21 bits per heavy atom. The maximum Gasteiger partial charge on any atom is 0.307 e. The maximum absolute atomic E-state index is 14.0. The highest BCUT2D eigenvalue weighted by Crippen LogP contribution is 2.42. The predicted molar refractivity (Wildman–Crippen MR) is 173 cm³/mol. The molecule has 4 aromatic rings. The lowest BCUT2D eigenvalue weighted by Crippen LogP contribution is -2.08. The minimum Gasteiger partial charge on any atom is -0.496 e. The Morgan fingerprint density at radius 1 is 0.881 bits per heavy atom. The molecule has 4 aromatic carbocycles. The summed E-state index contributed by atoms with van der Waals surface area (Å²) in [7, 11) is 1.61. The number of aryl methyl sites for hydroxylation is 1. The molecular weight excluding hydrogens is 732 g/mol. The van der Waals surface area contributed by atoms with Crippen molar-refractivity contribution < 1.29 is 28.9 Å². The molecular formula is C33H29Br3O6. The maximum atomic E-state index is 14.0. The highest BCUT2D eigenvalue weighted by atomic mass is 79.9. The van der Waals surface area contributed by atoms with Gasteiger partial charge in [-0.25, -0.2) is 0 Å². The van der Waals surface area contributed by atoms with Crippen LogP contribution in [0.25, 0.3) is 0 Å². The highest BCUT2D eigenvalue weighted by molar-refractivity contribution is 9.11. The number of carboxylic acids is 1. The zero-order valence-electron chi connectivity index (χ0n) is 23.5. The lowest BCUT2D eigenvalue weighted by atomic mass is 9.95. The van der Waals surface area contributed by atoms with Gasteiger partial charge in [-0.3, -0.25) is 9.59 Å². The fourth-order valence-corrected chi connectivity index (χ4v) is 6.32. The number of ketones is 1. The van der Waals surface area contributed by atoms with Gasteiger partial charge in [0.1, 0.15) is 23.9 Å². The van der Waals surface area contributed by atoms with E-state index < -0.39 is 5.97 Å². The van der Waals surface area contributed by atoms with E-state index in [1.807, 2.05) is 63.2 Å². The quantitative estimate of drug-likeness (QED) is 0.153. The molecule has 4 rings (SSSR count). The van der Waals surface area contributed by atoms with E-state index in [0.717, 1.165) is 21.2 Å². The van der Waals surface area contributed by atoms with Gasteiger partial charge in [0.25, 0.3) is 0 Å². The summed E-state index contributed by atoms with van der Waals surface area (Å²) in [6.07, 6.45) is -0.138.